The van der Waals surface area contributed by atoms with Gasteiger partial charge >= 0.3 is 18.1 Å². The van der Waals surface area contributed by atoms with Crippen LogP contribution in [0.4, 0.5) is 15.3 Å². The molecule has 0 bridgehead atoms. The number of nitrogen functional groups attached to an aromatic ring is 1. The standard InChI is InChI=1S/C14H21N5O5/c15-9-5-3-8(4-6-9)11(24-14(17)23)19-10(12(20)21)2-1-7-18-13(16)22/h3-6,10-11,19H,1-2,7,15H2,(H2,17,23)(H,20,21)(H3,16,18,22)/t10-,11?/m0/s1. The Labute approximate surface area is 138 Å². The number of carbonyl (C=O) groups is 3. The van der Waals surface area contributed by atoms with E-state index in [9.17, 15) is 19.5 Å². The fourth-order valence-corrected chi connectivity index (χ4v) is 1.96. The van der Waals surface area contributed by atoms with Crippen molar-refractivity contribution in [1.29, 1.82) is 0 Å². The molecular weight excluding hydrogens is 318 g/mol. The molecule has 1 rings (SSSR count). The third-order valence-electron chi connectivity index (χ3n) is 3.09. The number of nitrogens with one attached hydrogen (secondary N) is 2. The average Bonchev–Trinajstić information content (AvgIpc) is 2.49. The fourth-order valence-electron chi connectivity index (χ4n) is 1.96. The van der Waals surface area contributed by atoms with Gasteiger partial charge in [-0.05, 0) is 25.0 Å². The van der Waals surface area contributed by atoms with Crippen molar-refractivity contribution >= 4 is 23.8 Å². The number of ether oxygens (including phenoxy) is 1. The van der Waals surface area contributed by atoms with E-state index in [0.717, 1.165) is 0 Å². The van der Waals surface area contributed by atoms with Gasteiger partial charge < -0.3 is 32.4 Å². The highest BCUT2D eigenvalue weighted by molar-refractivity contribution is 5.73. The SMILES string of the molecule is NC(=O)NCCC[C@H](NC(OC(N)=O)c1ccc(N)cc1)C(=O)O. The summed E-state index contributed by atoms with van der Waals surface area (Å²) < 4.78 is 4.94. The Morgan fingerprint density at radius 1 is 1.17 bits per heavy atom. The summed E-state index contributed by atoms with van der Waals surface area (Å²) in [4.78, 5) is 33.0. The van der Waals surface area contributed by atoms with Crippen LogP contribution >= 0.6 is 0 Å². The summed E-state index contributed by atoms with van der Waals surface area (Å²) in [6.45, 7) is 0.226. The number of hydrogen-bond acceptors (Lipinski definition) is 6. The third kappa shape index (κ3) is 6.83. The van der Waals surface area contributed by atoms with Gasteiger partial charge in [-0.2, -0.15) is 0 Å². The number of nitrogens with two attached hydrogens (primary N) is 3. The number of hydrogen-bond donors (Lipinski definition) is 6. The van der Waals surface area contributed by atoms with E-state index in [-0.39, 0.29) is 13.0 Å². The van der Waals surface area contributed by atoms with Crippen molar-refractivity contribution in [1.82, 2.24) is 10.6 Å². The van der Waals surface area contributed by atoms with Gasteiger partial charge in [0.05, 0.1) is 0 Å². The molecule has 9 N–H and O–H groups in total. The van der Waals surface area contributed by atoms with Crippen LogP contribution < -0.4 is 27.8 Å². The molecule has 0 fully saturated rings. The average molecular weight is 339 g/mol. The summed E-state index contributed by atoms with van der Waals surface area (Å²) in [5, 5.41) is 14.4. The van der Waals surface area contributed by atoms with Crippen LogP contribution in [0.15, 0.2) is 24.3 Å². The van der Waals surface area contributed by atoms with E-state index in [1.54, 1.807) is 24.3 Å². The zero-order valence-electron chi connectivity index (χ0n) is 12.9. The van der Waals surface area contributed by atoms with Crippen LogP contribution in [0, 0.1) is 0 Å². The van der Waals surface area contributed by atoms with E-state index in [4.69, 9.17) is 21.9 Å². The number of carbonyl (C=O) groups excluding carboxylic acids is 2. The second-order valence-electron chi connectivity index (χ2n) is 4.97. The number of rotatable bonds is 9. The van der Waals surface area contributed by atoms with Gasteiger partial charge in [0, 0.05) is 17.8 Å². The predicted molar refractivity (Wildman–Crippen MR) is 85.6 cm³/mol. The number of aliphatic carboxylic acids is 1. The lowest BCUT2D eigenvalue weighted by atomic mass is 10.1. The summed E-state index contributed by atoms with van der Waals surface area (Å²) >= 11 is 0. The first kappa shape index (κ1) is 19.0. The van der Waals surface area contributed by atoms with Crippen molar-refractivity contribution in [3.63, 3.8) is 0 Å². The first-order chi connectivity index (χ1) is 11.3. The van der Waals surface area contributed by atoms with Crippen LogP contribution in [0.2, 0.25) is 0 Å². The highest BCUT2D eigenvalue weighted by Gasteiger charge is 2.24. The van der Waals surface area contributed by atoms with E-state index in [2.05, 4.69) is 10.6 Å². The number of primary amides is 2. The molecule has 0 aliphatic rings. The molecule has 0 radical (unpaired) electrons. The van der Waals surface area contributed by atoms with Gasteiger partial charge in [-0.3, -0.25) is 10.1 Å². The summed E-state index contributed by atoms with van der Waals surface area (Å²) in [5.74, 6) is -1.14. The summed E-state index contributed by atoms with van der Waals surface area (Å²) in [5.41, 5.74) is 16.5. The van der Waals surface area contributed by atoms with Crippen molar-refractivity contribution in [2.24, 2.45) is 11.5 Å². The summed E-state index contributed by atoms with van der Waals surface area (Å²) in [6.07, 6.45) is -1.57. The Hall–Kier alpha value is -3.01. The van der Waals surface area contributed by atoms with Crippen LogP contribution in [0.1, 0.15) is 24.6 Å². The molecule has 0 spiro atoms. The molecule has 1 aromatic carbocycles. The normalized spacial score (nSPS) is 12.8. The number of carboxylic acid groups (broad SMARTS) is 1. The molecule has 0 saturated carbocycles. The zero-order valence-corrected chi connectivity index (χ0v) is 12.9. The van der Waals surface area contributed by atoms with Gasteiger partial charge in [0.25, 0.3) is 0 Å². The maximum Gasteiger partial charge on any atom is 0.406 e. The van der Waals surface area contributed by atoms with Gasteiger partial charge in [-0.25, -0.2) is 9.59 Å². The van der Waals surface area contributed by atoms with Gasteiger partial charge in [0.1, 0.15) is 6.04 Å². The molecule has 3 amide bonds. The topological polar surface area (TPSA) is 183 Å². The minimum atomic E-state index is -1.14. The number of amides is 3. The third-order valence-corrected chi connectivity index (χ3v) is 3.09. The van der Waals surface area contributed by atoms with Gasteiger partial charge in [-0.1, -0.05) is 12.1 Å². The highest BCUT2D eigenvalue weighted by Crippen LogP contribution is 2.18. The van der Waals surface area contributed by atoms with Crippen molar-refractivity contribution in [2.45, 2.75) is 25.1 Å². The molecular formula is C14H21N5O5. The Balaban J connectivity index is 2.76. The smallest absolute Gasteiger partial charge is 0.406 e. The van der Waals surface area contributed by atoms with Gasteiger partial charge in [0.15, 0.2) is 6.23 Å². The van der Waals surface area contributed by atoms with E-state index in [0.29, 0.717) is 17.7 Å². The van der Waals surface area contributed by atoms with Crippen molar-refractivity contribution in [2.75, 3.05) is 12.3 Å². The summed E-state index contributed by atoms with van der Waals surface area (Å²) in [7, 11) is 0. The van der Waals surface area contributed by atoms with Gasteiger partial charge in [-0.15, -0.1) is 0 Å². The monoisotopic (exact) mass is 339 g/mol. The Bertz CT molecular complexity index is 577. The number of benzene rings is 1. The quantitative estimate of drug-likeness (QED) is 0.205. The Morgan fingerprint density at radius 2 is 1.79 bits per heavy atom. The molecule has 0 saturated heterocycles. The van der Waals surface area contributed by atoms with E-state index in [1.807, 2.05) is 0 Å². The molecule has 0 aliphatic carbocycles. The summed E-state index contributed by atoms with van der Waals surface area (Å²) in [6, 6.07) is 4.63. The predicted octanol–water partition coefficient (Wildman–Crippen LogP) is -0.146. The molecule has 0 heterocycles. The molecule has 1 unspecified atom stereocenters. The second-order valence-corrected chi connectivity index (χ2v) is 4.97. The number of carboxylic acids is 1. The maximum absolute atomic E-state index is 11.4. The largest absolute Gasteiger partial charge is 0.480 e. The van der Waals surface area contributed by atoms with E-state index in [1.165, 1.54) is 0 Å². The van der Waals surface area contributed by atoms with E-state index < -0.39 is 30.4 Å². The van der Waals surface area contributed by atoms with Gasteiger partial charge in [0.2, 0.25) is 0 Å². The first-order valence-corrected chi connectivity index (χ1v) is 7.13. The second kappa shape index (κ2) is 9.20. The van der Waals surface area contributed by atoms with Crippen LogP contribution in [0.3, 0.4) is 0 Å². The lowest BCUT2D eigenvalue weighted by Gasteiger charge is -2.23. The molecule has 10 heteroatoms. The van der Waals surface area contributed by atoms with Crippen molar-refractivity contribution in [3.05, 3.63) is 29.8 Å². The molecule has 2 atom stereocenters. The molecule has 0 aliphatic heterocycles. The minimum Gasteiger partial charge on any atom is -0.480 e. The first-order valence-electron chi connectivity index (χ1n) is 7.13. The van der Waals surface area contributed by atoms with Crippen LogP contribution in [0.5, 0.6) is 0 Å². The molecule has 0 aromatic heterocycles. The molecule has 1 aromatic rings. The Kier molecular flexibility index (Phi) is 7.30. The van der Waals surface area contributed by atoms with Crippen LogP contribution in [0.25, 0.3) is 0 Å². The molecule has 132 valence electrons. The fraction of sp³-hybridized carbons (Fsp3) is 0.357. The highest BCUT2D eigenvalue weighted by atomic mass is 16.6. The van der Waals surface area contributed by atoms with Crippen molar-refractivity contribution < 1.29 is 24.2 Å². The maximum atomic E-state index is 11.4. The van der Waals surface area contributed by atoms with Crippen molar-refractivity contribution in [3.8, 4) is 0 Å². The lowest BCUT2D eigenvalue weighted by Crippen LogP contribution is -2.42. The minimum absolute atomic E-state index is 0.170. The molecule has 24 heavy (non-hydrogen) atoms. The van der Waals surface area contributed by atoms with E-state index >= 15 is 0 Å². The zero-order chi connectivity index (χ0) is 18.1. The number of urea groups is 1. The van der Waals surface area contributed by atoms with Crippen LogP contribution in [-0.4, -0.2) is 35.8 Å². The lowest BCUT2D eigenvalue weighted by molar-refractivity contribution is -0.140. The van der Waals surface area contributed by atoms with Crippen LogP contribution in [-0.2, 0) is 9.53 Å². The Morgan fingerprint density at radius 3 is 2.29 bits per heavy atom. The number of anilines is 1. The molecule has 10 nitrogen and oxygen atoms in total.